The molecule has 2 atom stereocenters. The van der Waals surface area contributed by atoms with Crippen LogP contribution in [-0.4, -0.2) is 87.3 Å². The number of carbonyl (C=O) groups is 2. The maximum Gasteiger partial charge on any atom is 0.416 e. The molecule has 0 N–H and O–H groups in total. The number of aldehydes is 1. The molecule has 0 amide bonds. The molecular formula is C29H31F3N6O6S. The molecule has 12 nitrogen and oxygen atoms in total. The van der Waals surface area contributed by atoms with Gasteiger partial charge in [0.1, 0.15) is 12.9 Å². The number of nitrogens with zero attached hydrogens (tertiary/aromatic N) is 6. The number of hydrazone groups is 1. The summed E-state index contributed by atoms with van der Waals surface area (Å²) in [4.78, 5) is 27.8. The zero-order chi connectivity index (χ0) is 33.1. The van der Waals surface area contributed by atoms with Gasteiger partial charge in [0.15, 0.2) is 0 Å². The van der Waals surface area contributed by atoms with Gasteiger partial charge in [0.05, 0.1) is 42.2 Å². The molecular weight excluding hydrogens is 617 g/mol. The summed E-state index contributed by atoms with van der Waals surface area (Å²) in [6.45, 7) is 1.37. The Labute approximate surface area is 258 Å². The Morgan fingerprint density at radius 2 is 1.89 bits per heavy atom. The molecule has 0 bridgehead atoms. The Hall–Kier alpha value is -4.46. The number of alkyl halides is 3. The van der Waals surface area contributed by atoms with Crippen molar-refractivity contribution in [1.82, 2.24) is 14.2 Å². The lowest BCUT2D eigenvalue weighted by molar-refractivity contribution is -0.143. The van der Waals surface area contributed by atoms with Gasteiger partial charge < -0.3 is 14.3 Å². The van der Waals surface area contributed by atoms with Crippen LogP contribution in [0.1, 0.15) is 36.1 Å². The molecule has 2 unspecified atom stereocenters. The number of anilines is 1. The minimum atomic E-state index is -4.66. The van der Waals surface area contributed by atoms with Gasteiger partial charge in [0.2, 0.25) is 22.3 Å². The summed E-state index contributed by atoms with van der Waals surface area (Å²) in [7, 11) is -0.886. The Bertz CT molecular complexity index is 1660. The molecule has 2 heterocycles. The van der Waals surface area contributed by atoms with Crippen LogP contribution < -0.4 is 4.90 Å². The molecule has 2 aromatic rings. The highest BCUT2D eigenvalue weighted by Crippen LogP contribution is 2.44. The highest BCUT2D eigenvalue weighted by molar-refractivity contribution is 7.88. The molecule has 0 spiro atoms. The smallest absolute Gasteiger partial charge is 0.416 e. The van der Waals surface area contributed by atoms with E-state index in [4.69, 9.17) is 14.6 Å². The van der Waals surface area contributed by atoms with Gasteiger partial charge in [-0.05, 0) is 49.2 Å². The summed E-state index contributed by atoms with van der Waals surface area (Å²) in [5, 5.41) is 15.5. The molecule has 0 radical (unpaired) electrons. The number of sulfonamides is 1. The molecule has 45 heavy (non-hydrogen) atoms. The fraction of sp³-hybridized carbons (Fsp3) is 0.379. The highest BCUT2D eigenvalue weighted by Gasteiger charge is 2.50. The van der Waals surface area contributed by atoms with Crippen LogP contribution in [0.5, 0.6) is 0 Å². The third-order valence-electron chi connectivity index (χ3n) is 7.35. The highest BCUT2D eigenvalue weighted by atomic mass is 32.2. The molecule has 0 aliphatic carbocycles. The van der Waals surface area contributed by atoms with Gasteiger partial charge in [-0.3, -0.25) is 9.80 Å². The minimum absolute atomic E-state index is 0.0403. The number of carbonyl (C=O) groups excluding carboxylic acids is 2. The van der Waals surface area contributed by atoms with E-state index in [0.717, 1.165) is 22.7 Å². The van der Waals surface area contributed by atoms with Gasteiger partial charge in [-0.15, -0.1) is 5.10 Å². The Balaban J connectivity index is 1.93. The van der Waals surface area contributed by atoms with Crippen LogP contribution in [0.25, 0.3) is 0 Å². The third-order valence-corrected chi connectivity index (χ3v) is 8.67. The minimum Gasteiger partial charge on any atom is -0.466 e. The number of nitriles is 1. The van der Waals surface area contributed by atoms with Gasteiger partial charge in [0, 0.05) is 31.5 Å². The van der Waals surface area contributed by atoms with Crippen molar-refractivity contribution >= 4 is 33.9 Å². The average molecular weight is 649 g/mol. The average Bonchev–Trinajstić information content (AvgIpc) is 3.35. The third kappa shape index (κ3) is 6.95. The van der Waals surface area contributed by atoms with E-state index in [-0.39, 0.29) is 42.4 Å². The van der Waals surface area contributed by atoms with Crippen LogP contribution in [0, 0.1) is 11.3 Å². The van der Waals surface area contributed by atoms with Gasteiger partial charge in [-0.25, -0.2) is 22.5 Å². The number of rotatable bonds is 11. The zero-order valence-corrected chi connectivity index (χ0v) is 25.7. The number of halogens is 3. The Kier molecular flexibility index (Phi) is 9.86. The number of guanidine groups is 1. The molecule has 240 valence electrons. The van der Waals surface area contributed by atoms with E-state index < -0.39 is 46.7 Å². The first-order valence-corrected chi connectivity index (χ1v) is 15.4. The topological polar surface area (TPSA) is 136 Å². The summed E-state index contributed by atoms with van der Waals surface area (Å²) in [6.07, 6.45) is -3.98. The molecule has 0 saturated heterocycles. The van der Waals surface area contributed by atoms with Crippen LogP contribution in [0.15, 0.2) is 64.9 Å². The number of hydrogen-bond donors (Lipinski definition) is 0. The van der Waals surface area contributed by atoms with Crippen LogP contribution in [-0.2, 0) is 35.3 Å². The van der Waals surface area contributed by atoms with E-state index in [1.165, 1.54) is 36.2 Å². The molecule has 2 aliphatic heterocycles. The predicted octanol–water partition coefficient (Wildman–Crippen LogP) is 3.25. The SMILES string of the molecule is COC(=O)C1=C(C)N(c2cccc(C(F)(F)F)c2)C2=NN(CCCN(C)S(C)(=O)=O)C(OCC=O)N2C1c1ccc(C#N)cc1. The van der Waals surface area contributed by atoms with Crippen molar-refractivity contribution in [3.8, 4) is 6.07 Å². The van der Waals surface area contributed by atoms with Crippen molar-refractivity contribution < 1.29 is 40.7 Å². The van der Waals surface area contributed by atoms with Crippen LogP contribution in [0.4, 0.5) is 18.9 Å². The zero-order valence-electron chi connectivity index (χ0n) is 24.9. The first-order chi connectivity index (χ1) is 21.2. The van der Waals surface area contributed by atoms with Gasteiger partial charge >= 0.3 is 12.1 Å². The van der Waals surface area contributed by atoms with E-state index in [1.807, 2.05) is 6.07 Å². The van der Waals surface area contributed by atoms with Crippen molar-refractivity contribution in [2.75, 3.05) is 45.0 Å². The second kappa shape index (κ2) is 13.3. The van der Waals surface area contributed by atoms with Gasteiger partial charge in [-0.2, -0.15) is 18.4 Å². The fourth-order valence-corrected chi connectivity index (χ4v) is 5.57. The first kappa shape index (κ1) is 33.4. The summed E-state index contributed by atoms with van der Waals surface area (Å²) < 4.78 is 77.4. The predicted molar refractivity (Wildman–Crippen MR) is 156 cm³/mol. The number of fused-ring (bicyclic) bond motifs is 1. The fourth-order valence-electron chi connectivity index (χ4n) is 5.11. The van der Waals surface area contributed by atoms with E-state index in [0.29, 0.717) is 17.4 Å². The summed E-state index contributed by atoms with van der Waals surface area (Å²) in [5.41, 5.74) is 0.236. The number of esters is 1. The Morgan fingerprint density at radius 3 is 2.47 bits per heavy atom. The maximum atomic E-state index is 13.8. The molecule has 4 rings (SSSR count). The number of ether oxygens (including phenoxy) is 2. The second-order valence-electron chi connectivity index (χ2n) is 10.2. The lowest BCUT2D eigenvalue weighted by Gasteiger charge is -2.44. The first-order valence-electron chi connectivity index (χ1n) is 13.6. The van der Waals surface area contributed by atoms with Crippen molar-refractivity contribution in [2.45, 2.75) is 31.9 Å². The van der Waals surface area contributed by atoms with Crippen molar-refractivity contribution in [2.24, 2.45) is 5.10 Å². The number of hydrogen-bond acceptors (Lipinski definition) is 11. The monoisotopic (exact) mass is 648 g/mol. The summed E-state index contributed by atoms with van der Waals surface area (Å²) in [5.74, 6) is -0.693. The van der Waals surface area contributed by atoms with Gasteiger partial charge in [0.25, 0.3) is 0 Å². The van der Waals surface area contributed by atoms with E-state index >= 15 is 0 Å². The number of benzene rings is 2. The maximum absolute atomic E-state index is 13.8. The van der Waals surface area contributed by atoms with E-state index in [2.05, 4.69) is 0 Å². The van der Waals surface area contributed by atoms with Crippen LogP contribution in [0.2, 0.25) is 0 Å². The van der Waals surface area contributed by atoms with Crippen molar-refractivity contribution in [3.63, 3.8) is 0 Å². The summed E-state index contributed by atoms with van der Waals surface area (Å²) in [6, 6.07) is 11.9. The molecule has 2 aliphatic rings. The molecule has 16 heteroatoms. The Morgan fingerprint density at radius 1 is 1.20 bits per heavy atom. The standard InChI is InChI=1S/C29H31F3N6O6S/c1-19-24(26(40)43-3)25(21-11-9-20(18-33)10-12-21)38-27(37(19)23-8-5-7-22(17-23)29(30,31)32)34-36(28(38)44-16-15-39)14-6-13-35(2)45(4,41)42/h5,7-12,15,17,25,28H,6,13-14,16H2,1-4H3. The lowest BCUT2D eigenvalue weighted by atomic mass is 9.92. The van der Waals surface area contributed by atoms with E-state index in [1.54, 1.807) is 36.1 Å². The van der Waals surface area contributed by atoms with Crippen molar-refractivity contribution in [3.05, 3.63) is 76.5 Å². The number of methoxy groups -OCH3 is 1. The molecule has 0 fully saturated rings. The lowest BCUT2D eigenvalue weighted by Crippen LogP contribution is -2.55. The quantitative estimate of drug-likeness (QED) is 0.264. The molecule has 0 saturated carbocycles. The second-order valence-corrected chi connectivity index (χ2v) is 12.3. The normalized spacial score (nSPS) is 18.6. The van der Waals surface area contributed by atoms with Crippen LogP contribution >= 0.6 is 0 Å². The van der Waals surface area contributed by atoms with E-state index in [9.17, 15) is 36.4 Å². The van der Waals surface area contributed by atoms with Crippen molar-refractivity contribution in [1.29, 1.82) is 5.26 Å². The molecule has 0 aromatic heterocycles. The molecule has 2 aromatic carbocycles. The van der Waals surface area contributed by atoms with Crippen LogP contribution in [0.3, 0.4) is 0 Å². The summed E-state index contributed by atoms with van der Waals surface area (Å²) >= 11 is 0. The largest absolute Gasteiger partial charge is 0.466 e. The number of allylic oxidation sites excluding steroid dienone is 1. The van der Waals surface area contributed by atoms with Gasteiger partial charge in [-0.1, -0.05) is 18.2 Å².